The van der Waals surface area contributed by atoms with E-state index in [2.05, 4.69) is 25.4 Å². The smallest absolute Gasteiger partial charge is 0.271 e. The van der Waals surface area contributed by atoms with E-state index in [1.165, 1.54) is 0 Å². The summed E-state index contributed by atoms with van der Waals surface area (Å²) < 4.78 is 35.5. The monoisotopic (exact) mass is 827 g/mol. The lowest BCUT2D eigenvalue weighted by Crippen LogP contribution is -2.54. The molecule has 0 bridgehead atoms. The Morgan fingerprint density at radius 3 is 2.43 bits per heavy atom. The van der Waals surface area contributed by atoms with E-state index in [9.17, 15) is 22.8 Å². The van der Waals surface area contributed by atoms with Gasteiger partial charge in [-0.2, -0.15) is 4.98 Å². The van der Waals surface area contributed by atoms with Crippen molar-refractivity contribution >= 4 is 61.6 Å². The van der Waals surface area contributed by atoms with E-state index < -0.39 is 9.84 Å². The Labute approximate surface area is 343 Å². The molecule has 5 heterocycles. The van der Waals surface area contributed by atoms with E-state index in [1.54, 1.807) is 35.0 Å². The summed E-state index contributed by atoms with van der Waals surface area (Å²) in [5.74, 6) is -0.351. The van der Waals surface area contributed by atoms with Crippen LogP contribution in [0.15, 0.2) is 64.4 Å². The Bertz CT molecular complexity index is 2400. The topological polar surface area (TPSA) is 156 Å². The fourth-order valence-electron chi connectivity index (χ4n) is 9.73. The number of rotatable bonds is 11. The number of nitrogens with one attached hydrogen (secondary N) is 2. The third-order valence-electron chi connectivity index (χ3n) is 13.4. The predicted octanol–water partition coefficient (Wildman–Crippen LogP) is 6.06. The lowest BCUT2D eigenvalue weighted by atomic mass is 9.63. The number of aromatic nitrogens is 3. The van der Waals surface area contributed by atoms with Crippen LogP contribution in [0.2, 0.25) is 5.02 Å². The highest BCUT2D eigenvalue weighted by atomic mass is 35.5. The number of piperidine rings is 2. The second-order valence-corrected chi connectivity index (χ2v) is 19.7. The number of halogens is 1. The van der Waals surface area contributed by atoms with Gasteiger partial charge in [0.25, 0.3) is 5.56 Å². The maximum absolute atomic E-state index is 13.8. The zero-order chi connectivity index (χ0) is 40.2. The van der Waals surface area contributed by atoms with Crippen molar-refractivity contribution in [1.29, 1.82) is 0 Å². The Kier molecular flexibility index (Phi) is 10.6. The van der Waals surface area contributed by atoms with Crippen molar-refractivity contribution in [3.8, 4) is 0 Å². The van der Waals surface area contributed by atoms with Crippen LogP contribution in [-0.4, -0.2) is 90.4 Å². The number of anilines is 3. The molecule has 3 aliphatic heterocycles. The van der Waals surface area contributed by atoms with Gasteiger partial charge in [0.2, 0.25) is 17.8 Å². The highest BCUT2D eigenvalue weighted by Crippen LogP contribution is 2.52. The van der Waals surface area contributed by atoms with Gasteiger partial charge in [-0.3, -0.25) is 24.3 Å². The number of aryl methyl sites for hydroxylation is 1. The zero-order valence-corrected chi connectivity index (χ0v) is 34.4. The number of fused-ring (bicyclic) bond motifs is 1. The summed E-state index contributed by atoms with van der Waals surface area (Å²) in [6, 6.07) is 14.9. The molecule has 2 amide bonds. The van der Waals surface area contributed by atoms with Gasteiger partial charge >= 0.3 is 0 Å². The van der Waals surface area contributed by atoms with Crippen LogP contribution in [-0.2, 0) is 24.2 Å². The number of pyridine rings is 1. The van der Waals surface area contributed by atoms with Crippen LogP contribution in [0.4, 0.5) is 17.3 Å². The summed E-state index contributed by atoms with van der Waals surface area (Å²) in [5, 5.41) is 6.17. The minimum absolute atomic E-state index is 0.0557. The summed E-state index contributed by atoms with van der Waals surface area (Å²) in [5.41, 5.74) is 3.92. The van der Waals surface area contributed by atoms with Crippen LogP contribution in [0.5, 0.6) is 0 Å². The molecule has 9 rings (SSSR count). The second kappa shape index (κ2) is 15.7. The number of likely N-dealkylation sites (tertiary alicyclic amines) is 1. The first-order valence-corrected chi connectivity index (χ1v) is 22.6. The standard InChI is InChI=1S/C43H50ClN7O6S/c1-27-20-33(10-12-37(27)46-42-45-24-29-21-36(44)41(54)51(39(29)48-42)31-4-2-3-5-31)58(55,56)34-22-43(23-34)14-16-49(17-15-43)18-19-57-32-25-50(26-32)30-8-6-28(7-9-30)35-11-13-38(52)47-40(35)53/h6-10,12,20-21,24,31-32,34-35H,2-5,11,13-19,22-23,25-26H2,1H3,(H,45,46,48)(H,47,52,53). The van der Waals surface area contributed by atoms with Gasteiger partial charge in [0.05, 0.1) is 28.8 Å². The largest absolute Gasteiger partial charge is 0.373 e. The average molecular weight is 828 g/mol. The van der Waals surface area contributed by atoms with Gasteiger partial charge in [-0.05, 0) is 118 Å². The first-order valence-electron chi connectivity index (χ1n) is 20.7. The van der Waals surface area contributed by atoms with Crippen molar-refractivity contribution in [1.82, 2.24) is 24.8 Å². The quantitative estimate of drug-likeness (QED) is 0.170. The summed E-state index contributed by atoms with van der Waals surface area (Å²) in [7, 11) is -3.49. The molecule has 15 heteroatoms. The van der Waals surface area contributed by atoms with Gasteiger partial charge in [0, 0.05) is 55.1 Å². The van der Waals surface area contributed by atoms with E-state index in [4.69, 9.17) is 21.3 Å². The number of carbonyl (C=O) groups is 2. The molecule has 2 saturated carbocycles. The highest BCUT2D eigenvalue weighted by molar-refractivity contribution is 7.92. The summed E-state index contributed by atoms with van der Waals surface area (Å²) in [4.78, 5) is 51.0. The lowest BCUT2D eigenvalue weighted by Gasteiger charge is -2.51. The molecule has 0 radical (unpaired) electrons. The number of hydrogen-bond donors (Lipinski definition) is 2. The summed E-state index contributed by atoms with van der Waals surface area (Å²) in [6.07, 6.45) is 10.1. The van der Waals surface area contributed by atoms with Crippen LogP contribution >= 0.6 is 11.6 Å². The fourth-order valence-corrected chi connectivity index (χ4v) is 12.1. The summed E-state index contributed by atoms with van der Waals surface area (Å²) >= 11 is 6.30. The second-order valence-electron chi connectivity index (χ2n) is 17.1. The molecule has 1 atom stereocenters. The minimum Gasteiger partial charge on any atom is -0.373 e. The molecule has 58 heavy (non-hydrogen) atoms. The van der Waals surface area contributed by atoms with Crippen molar-refractivity contribution in [2.75, 3.05) is 49.5 Å². The van der Waals surface area contributed by atoms with Crippen LogP contribution in [0.1, 0.15) is 87.3 Å². The molecule has 13 nitrogen and oxygen atoms in total. The highest BCUT2D eigenvalue weighted by Gasteiger charge is 2.51. The summed E-state index contributed by atoms with van der Waals surface area (Å²) in [6.45, 7) is 6.98. The van der Waals surface area contributed by atoms with Gasteiger partial charge in [0.15, 0.2) is 9.84 Å². The predicted molar refractivity (Wildman–Crippen MR) is 223 cm³/mol. The molecule has 5 aliphatic rings. The fraction of sp³-hybridized carbons (Fsp3) is 0.512. The van der Waals surface area contributed by atoms with Gasteiger partial charge < -0.3 is 19.9 Å². The minimum atomic E-state index is -3.49. The first kappa shape index (κ1) is 39.1. The Hall–Kier alpha value is -4.37. The van der Waals surface area contributed by atoms with Crippen molar-refractivity contribution < 1.29 is 22.7 Å². The Morgan fingerprint density at radius 2 is 1.72 bits per heavy atom. The molecule has 2 aromatic heterocycles. The van der Waals surface area contributed by atoms with Gasteiger partial charge in [-0.25, -0.2) is 13.4 Å². The van der Waals surface area contributed by atoms with Gasteiger partial charge in [0.1, 0.15) is 10.7 Å². The Morgan fingerprint density at radius 1 is 0.983 bits per heavy atom. The number of amides is 2. The number of sulfone groups is 1. The van der Waals surface area contributed by atoms with Crippen molar-refractivity contribution in [3.05, 3.63) is 81.2 Å². The van der Waals surface area contributed by atoms with E-state index >= 15 is 0 Å². The van der Waals surface area contributed by atoms with Crippen LogP contribution in [0, 0.1) is 12.3 Å². The number of hydrogen-bond acceptors (Lipinski definition) is 11. The molecule has 2 N–H and O–H groups in total. The number of ether oxygens (including phenoxy) is 1. The van der Waals surface area contributed by atoms with Gasteiger partial charge in [-0.1, -0.05) is 36.6 Å². The molecule has 2 aliphatic carbocycles. The number of carbonyl (C=O) groups excluding carboxylic acids is 2. The van der Waals surface area contributed by atoms with Gasteiger partial charge in [-0.15, -0.1) is 0 Å². The average Bonchev–Trinajstić information content (AvgIpc) is 3.71. The van der Waals surface area contributed by atoms with E-state index in [1.807, 2.05) is 31.2 Å². The molecule has 3 saturated heterocycles. The zero-order valence-electron chi connectivity index (χ0n) is 32.8. The van der Waals surface area contributed by atoms with Crippen LogP contribution < -0.4 is 21.1 Å². The van der Waals surface area contributed by atoms with E-state index in [0.29, 0.717) is 59.9 Å². The molecule has 5 fully saturated rings. The number of nitrogens with zero attached hydrogens (tertiary/aromatic N) is 5. The molecule has 2 aromatic carbocycles. The normalized spacial score (nSPS) is 22.0. The van der Waals surface area contributed by atoms with Crippen molar-refractivity contribution in [2.24, 2.45) is 5.41 Å². The first-order chi connectivity index (χ1) is 27.9. The number of imide groups is 1. The SMILES string of the molecule is Cc1cc(S(=O)(=O)C2CC3(CCN(CCOC4CN(c5ccc(C6CCC(=O)NC6=O)cc5)C4)CC3)C2)ccc1Nc1ncc2cc(Cl)c(=O)n(C3CCCC3)c2n1. The third-order valence-corrected chi connectivity index (χ3v) is 15.8. The third kappa shape index (κ3) is 7.64. The number of benzene rings is 2. The molecule has 4 aromatic rings. The molecule has 1 unspecified atom stereocenters. The molecule has 306 valence electrons. The maximum Gasteiger partial charge on any atom is 0.271 e. The van der Waals surface area contributed by atoms with Crippen molar-refractivity contribution in [3.63, 3.8) is 0 Å². The molecular weight excluding hydrogens is 778 g/mol. The van der Waals surface area contributed by atoms with Crippen LogP contribution in [0.3, 0.4) is 0 Å². The maximum atomic E-state index is 13.8. The van der Waals surface area contributed by atoms with Crippen LogP contribution in [0.25, 0.3) is 11.0 Å². The molecular formula is C43H50ClN7O6S. The lowest BCUT2D eigenvalue weighted by molar-refractivity contribution is -0.134. The Balaban J connectivity index is 0.727. The van der Waals surface area contributed by atoms with E-state index in [0.717, 1.165) is 88.1 Å². The van der Waals surface area contributed by atoms with E-state index in [-0.39, 0.29) is 51.1 Å². The van der Waals surface area contributed by atoms with Crippen molar-refractivity contribution in [2.45, 2.75) is 99.3 Å². The molecule has 1 spiro atoms.